The van der Waals surface area contributed by atoms with Crippen molar-refractivity contribution in [3.05, 3.63) is 54.1 Å². The highest BCUT2D eigenvalue weighted by Crippen LogP contribution is 2.20. The van der Waals surface area contributed by atoms with Crippen LogP contribution in [-0.2, 0) is 6.54 Å². The Labute approximate surface area is 139 Å². The van der Waals surface area contributed by atoms with Crippen LogP contribution in [0.25, 0.3) is 0 Å². The second-order valence-electron chi connectivity index (χ2n) is 6.40. The van der Waals surface area contributed by atoms with E-state index < -0.39 is 0 Å². The van der Waals surface area contributed by atoms with E-state index >= 15 is 0 Å². The molecule has 124 valence electrons. The van der Waals surface area contributed by atoms with Gasteiger partial charge in [0.15, 0.2) is 0 Å². The number of rotatable bonds is 8. The van der Waals surface area contributed by atoms with Gasteiger partial charge >= 0.3 is 0 Å². The summed E-state index contributed by atoms with van der Waals surface area (Å²) >= 11 is 0. The second-order valence-corrected chi connectivity index (χ2v) is 6.40. The van der Waals surface area contributed by atoms with E-state index in [1.54, 1.807) is 0 Å². The molecule has 0 aliphatic heterocycles. The summed E-state index contributed by atoms with van der Waals surface area (Å²) in [4.78, 5) is 0. The Morgan fingerprint density at radius 2 is 1.65 bits per heavy atom. The molecule has 0 amide bonds. The lowest BCUT2D eigenvalue weighted by molar-refractivity contribution is 0.242. The van der Waals surface area contributed by atoms with Gasteiger partial charge in [-0.05, 0) is 49.6 Å². The Morgan fingerprint density at radius 1 is 0.913 bits per heavy atom. The number of benzene rings is 2. The average Bonchev–Trinajstić information content (AvgIpc) is 2.51. The van der Waals surface area contributed by atoms with Crippen molar-refractivity contribution in [3.63, 3.8) is 0 Å². The van der Waals surface area contributed by atoms with Gasteiger partial charge in [-0.25, -0.2) is 0 Å². The van der Waals surface area contributed by atoms with Crippen LogP contribution in [0, 0.1) is 5.92 Å². The molecule has 0 bridgehead atoms. The van der Waals surface area contributed by atoms with Gasteiger partial charge < -0.3 is 14.8 Å². The zero-order chi connectivity index (χ0) is 16.7. The van der Waals surface area contributed by atoms with E-state index in [2.05, 4.69) is 37.4 Å². The summed E-state index contributed by atoms with van der Waals surface area (Å²) in [6.07, 6.45) is 0.188. The molecule has 0 radical (unpaired) electrons. The molecule has 3 nitrogen and oxygen atoms in total. The fourth-order valence-corrected chi connectivity index (χ4v) is 2.16. The first-order chi connectivity index (χ1) is 11.0. The molecule has 2 aromatic rings. The number of hydrogen-bond donors (Lipinski definition) is 1. The van der Waals surface area contributed by atoms with Gasteiger partial charge in [0, 0.05) is 18.3 Å². The van der Waals surface area contributed by atoms with Crippen LogP contribution in [0.4, 0.5) is 5.69 Å². The minimum Gasteiger partial charge on any atom is -0.493 e. The van der Waals surface area contributed by atoms with Crippen molar-refractivity contribution in [2.45, 2.75) is 40.3 Å². The van der Waals surface area contributed by atoms with Crippen LogP contribution in [0.15, 0.2) is 48.5 Å². The summed E-state index contributed by atoms with van der Waals surface area (Å²) in [5.74, 6) is 2.34. The van der Waals surface area contributed by atoms with E-state index in [9.17, 15) is 0 Å². The zero-order valence-corrected chi connectivity index (χ0v) is 14.5. The van der Waals surface area contributed by atoms with Gasteiger partial charge in [0.2, 0.25) is 0 Å². The van der Waals surface area contributed by atoms with Gasteiger partial charge in [-0.1, -0.05) is 32.0 Å². The predicted molar refractivity (Wildman–Crippen MR) is 96.3 cm³/mol. The van der Waals surface area contributed by atoms with Crippen LogP contribution in [0.2, 0.25) is 0 Å². The van der Waals surface area contributed by atoms with Crippen molar-refractivity contribution in [2.24, 2.45) is 5.92 Å². The van der Waals surface area contributed by atoms with Crippen LogP contribution in [0.5, 0.6) is 11.5 Å². The molecular formula is C20H27NO2. The smallest absolute Gasteiger partial charge is 0.121 e. The summed E-state index contributed by atoms with van der Waals surface area (Å²) < 4.78 is 11.5. The third kappa shape index (κ3) is 6.23. The molecule has 0 aliphatic carbocycles. The van der Waals surface area contributed by atoms with Crippen molar-refractivity contribution in [2.75, 3.05) is 11.9 Å². The first kappa shape index (κ1) is 17.2. The molecule has 1 N–H and O–H groups in total. The Kier molecular flexibility index (Phi) is 6.33. The normalized spacial score (nSPS) is 10.9. The van der Waals surface area contributed by atoms with Gasteiger partial charge in [-0.2, -0.15) is 0 Å². The topological polar surface area (TPSA) is 30.5 Å². The lowest BCUT2D eigenvalue weighted by Gasteiger charge is -2.13. The monoisotopic (exact) mass is 313 g/mol. The van der Waals surface area contributed by atoms with Crippen LogP contribution >= 0.6 is 0 Å². The number of ether oxygens (including phenoxy) is 2. The van der Waals surface area contributed by atoms with Crippen LogP contribution in [0.1, 0.15) is 33.3 Å². The summed E-state index contributed by atoms with van der Waals surface area (Å²) in [6, 6.07) is 16.3. The summed E-state index contributed by atoms with van der Waals surface area (Å²) in [7, 11) is 0. The predicted octanol–water partition coefficient (Wildman–Crippen LogP) is 5.12. The molecule has 0 aromatic heterocycles. The number of anilines is 1. The minimum atomic E-state index is 0.188. The summed E-state index contributed by atoms with van der Waals surface area (Å²) in [5, 5.41) is 3.43. The average molecular weight is 313 g/mol. The zero-order valence-electron chi connectivity index (χ0n) is 14.5. The fraction of sp³-hybridized carbons (Fsp3) is 0.400. The lowest BCUT2D eigenvalue weighted by atomic mass is 10.2. The molecule has 2 aromatic carbocycles. The van der Waals surface area contributed by atoms with Crippen molar-refractivity contribution in [3.8, 4) is 11.5 Å². The Morgan fingerprint density at radius 3 is 2.39 bits per heavy atom. The van der Waals surface area contributed by atoms with E-state index in [-0.39, 0.29) is 6.10 Å². The molecule has 2 rings (SSSR count). The maximum Gasteiger partial charge on any atom is 0.121 e. The van der Waals surface area contributed by atoms with Gasteiger partial charge in [0.25, 0.3) is 0 Å². The van der Waals surface area contributed by atoms with E-state index in [4.69, 9.17) is 9.47 Å². The highest BCUT2D eigenvalue weighted by molar-refractivity contribution is 5.48. The highest BCUT2D eigenvalue weighted by Gasteiger charge is 2.02. The molecule has 3 heteroatoms. The minimum absolute atomic E-state index is 0.188. The largest absolute Gasteiger partial charge is 0.493 e. The molecule has 0 saturated heterocycles. The van der Waals surface area contributed by atoms with Gasteiger partial charge in [-0.3, -0.25) is 0 Å². The Bertz CT molecular complexity index is 608. The van der Waals surface area contributed by atoms with Crippen LogP contribution < -0.4 is 14.8 Å². The first-order valence-electron chi connectivity index (χ1n) is 8.25. The SMILES string of the molecule is CC(C)COc1cccc(NCc2cccc(OC(C)C)c2)c1. The van der Waals surface area contributed by atoms with Gasteiger partial charge in [0.05, 0.1) is 12.7 Å². The summed E-state index contributed by atoms with van der Waals surface area (Å²) in [6.45, 7) is 9.85. The Balaban J connectivity index is 1.94. The molecule has 0 atom stereocenters. The molecule has 0 heterocycles. The number of nitrogens with one attached hydrogen (secondary N) is 1. The second kappa shape index (κ2) is 8.47. The molecule has 0 spiro atoms. The third-order valence-corrected chi connectivity index (χ3v) is 3.18. The molecule has 0 aliphatic rings. The maximum absolute atomic E-state index is 5.76. The Hall–Kier alpha value is -2.16. The quantitative estimate of drug-likeness (QED) is 0.733. The molecule has 23 heavy (non-hydrogen) atoms. The van der Waals surface area contributed by atoms with Crippen molar-refractivity contribution in [1.82, 2.24) is 0 Å². The maximum atomic E-state index is 5.76. The van der Waals surface area contributed by atoms with E-state index in [0.717, 1.165) is 30.3 Å². The number of hydrogen-bond acceptors (Lipinski definition) is 3. The molecule has 0 saturated carbocycles. The van der Waals surface area contributed by atoms with Crippen LogP contribution in [-0.4, -0.2) is 12.7 Å². The standard InChI is InChI=1S/C20H27NO2/c1-15(2)14-22-19-9-6-8-18(12-19)21-13-17-7-5-10-20(11-17)23-16(3)4/h5-12,15-16,21H,13-14H2,1-4H3. The van der Waals surface area contributed by atoms with Crippen molar-refractivity contribution >= 4 is 5.69 Å². The van der Waals surface area contributed by atoms with E-state index in [0.29, 0.717) is 5.92 Å². The molecule has 0 fully saturated rings. The fourth-order valence-electron chi connectivity index (χ4n) is 2.16. The third-order valence-electron chi connectivity index (χ3n) is 3.18. The van der Waals surface area contributed by atoms with E-state index in [1.165, 1.54) is 5.56 Å². The highest BCUT2D eigenvalue weighted by atomic mass is 16.5. The van der Waals surface area contributed by atoms with Crippen molar-refractivity contribution < 1.29 is 9.47 Å². The van der Waals surface area contributed by atoms with Crippen molar-refractivity contribution in [1.29, 1.82) is 0 Å². The van der Waals surface area contributed by atoms with E-state index in [1.807, 2.05) is 44.2 Å². The lowest BCUT2D eigenvalue weighted by Crippen LogP contribution is -2.06. The first-order valence-corrected chi connectivity index (χ1v) is 8.25. The summed E-state index contributed by atoms with van der Waals surface area (Å²) in [5.41, 5.74) is 2.25. The van der Waals surface area contributed by atoms with Gasteiger partial charge in [0.1, 0.15) is 11.5 Å². The van der Waals surface area contributed by atoms with Crippen LogP contribution in [0.3, 0.4) is 0 Å². The molecular weight excluding hydrogens is 286 g/mol. The molecule has 0 unspecified atom stereocenters. The van der Waals surface area contributed by atoms with Gasteiger partial charge in [-0.15, -0.1) is 0 Å².